The van der Waals surface area contributed by atoms with Gasteiger partial charge in [-0.25, -0.2) is 4.39 Å². The van der Waals surface area contributed by atoms with Crippen LogP contribution in [0.15, 0.2) is 57.8 Å². The molecule has 1 saturated heterocycles. The first-order valence-corrected chi connectivity index (χ1v) is 13.7. The average molecular weight is 545 g/mol. The van der Waals surface area contributed by atoms with Crippen LogP contribution in [0.5, 0.6) is 0 Å². The number of halogens is 1. The van der Waals surface area contributed by atoms with E-state index in [2.05, 4.69) is 15.5 Å². The van der Waals surface area contributed by atoms with Crippen molar-refractivity contribution in [2.24, 2.45) is 0 Å². The molecule has 1 fully saturated rings. The van der Waals surface area contributed by atoms with Crippen molar-refractivity contribution in [3.63, 3.8) is 0 Å². The van der Waals surface area contributed by atoms with Gasteiger partial charge >= 0.3 is 0 Å². The highest BCUT2D eigenvalue weighted by Gasteiger charge is 2.31. The smallest absolute Gasteiger partial charge is 0.266 e. The van der Waals surface area contributed by atoms with E-state index in [1.807, 2.05) is 37.3 Å². The van der Waals surface area contributed by atoms with Crippen LogP contribution in [-0.4, -0.2) is 37.8 Å². The van der Waals surface area contributed by atoms with Gasteiger partial charge < -0.3 is 5.32 Å². The van der Waals surface area contributed by atoms with Crippen molar-refractivity contribution in [3.05, 3.63) is 75.9 Å². The van der Waals surface area contributed by atoms with Crippen LogP contribution in [0.3, 0.4) is 0 Å². The molecular weight excluding hydrogens is 524 g/mol. The lowest BCUT2D eigenvalue weighted by Gasteiger charge is -2.13. The summed E-state index contributed by atoms with van der Waals surface area (Å²) in [6.07, 6.45) is 2.54. The van der Waals surface area contributed by atoms with Crippen LogP contribution in [0.1, 0.15) is 29.5 Å². The van der Waals surface area contributed by atoms with Gasteiger partial charge in [0.15, 0.2) is 4.34 Å². The van der Waals surface area contributed by atoms with Crippen LogP contribution in [0.2, 0.25) is 0 Å². The van der Waals surface area contributed by atoms with E-state index in [1.54, 1.807) is 17.0 Å². The Morgan fingerprint density at radius 2 is 1.91 bits per heavy atom. The molecule has 6 nitrogen and oxygen atoms in total. The quantitative estimate of drug-likeness (QED) is 0.156. The zero-order chi connectivity index (χ0) is 24.8. The first kappa shape index (κ1) is 25.5. The molecule has 0 saturated carbocycles. The van der Waals surface area contributed by atoms with Gasteiger partial charge in [-0.3, -0.25) is 14.5 Å². The normalized spacial score (nSPS) is 14.7. The molecule has 0 atom stereocenters. The van der Waals surface area contributed by atoms with Crippen molar-refractivity contribution in [2.45, 2.75) is 29.9 Å². The fourth-order valence-corrected chi connectivity index (χ4v) is 6.16. The van der Waals surface area contributed by atoms with Gasteiger partial charge in [-0.2, -0.15) is 0 Å². The zero-order valence-electron chi connectivity index (χ0n) is 18.7. The van der Waals surface area contributed by atoms with E-state index in [1.165, 1.54) is 47.0 Å². The molecule has 0 bridgehead atoms. The van der Waals surface area contributed by atoms with Gasteiger partial charge in [-0.05, 0) is 42.7 Å². The van der Waals surface area contributed by atoms with Crippen LogP contribution in [0.25, 0.3) is 6.08 Å². The van der Waals surface area contributed by atoms with Crippen molar-refractivity contribution >= 4 is 74.4 Å². The number of thioether (sulfide) groups is 2. The fourth-order valence-electron chi connectivity index (χ4n) is 3.13. The molecule has 1 aliphatic rings. The summed E-state index contributed by atoms with van der Waals surface area (Å²) in [4.78, 5) is 27.2. The maximum atomic E-state index is 13.0. The number of hydrogen-bond acceptors (Lipinski definition) is 8. The number of aryl methyl sites for hydroxylation is 1. The molecule has 2 amide bonds. The van der Waals surface area contributed by atoms with Crippen LogP contribution >= 0.6 is 47.1 Å². The Bertz CT molecular complexity index is 1260. The lowest BCUT2D eigenvalue weighted by molar-refractivity contribution is -0.122. The van der Waals surface area contributed by atoms with Crippen molar-refractivity contribution in [2.75, 3.05) is 11.9 Å². The number of nitrogens with one attached hydrogen (secondary N) is 1. The Morgan fingerprint density at radius 1 is 1.17 bits per heavy atom. The summed E-state index contributed by atoms with van der Waals surface area (Å²) < 4.78 is 14.2. The molecule has 180 valence electrons. The summed E-state index contributed by atoms with van der Waals surface area (Å²) in [7, 11) is 0. The van der Waals surface area contributed by atoms with E-state index < -0.39 is 0 Å². The van der Waals surface area contributed by atoms with E-state index >= 15 is 0 Å². The summed E-state index contributed by atoms with van der Waals surface area (Å²) in [6, 6.07) is 14.2. The number of hydrogen-bond donors (Lipinski definition) is 1. The topological polar surface area (TPSA) is 75.2 Å². The second-order valence-corrected chi connectivity index (χ2v) is 11.6. The van der Waals surface area contributed by atoms with Crippen LogP contribution in [0.4, 0.5) is 9.52 Å². The minimum atomic E-state index is -0.270. The highest BCUT2D eigenvalue weighted by Crippen LogP contribution is 2.33. The van der Waals surface area contributed by atoms with Gasteiger partial charge in [0.1, 0.15) is 10.1 Å². The summed E-state index contributed by atoms with van der Waals surface area (Å²) in [6.45, 7) is 2.39. The minimum absolute atomic E-state index is 0.132. The van der Waals surface area contributed by atoms with Gasteiger partial charge in [0.05, 0.1) is 4.91 Å². The number of amides is 2. The predicted octanol–water partition coefficient (Wildman–Crippen LogP) is 5.90. The van der Waals surface area contributed by atoms with Crippen molar-refractivity contribution < 1.29 is 14.0 Å². The maximum absolute atomic E-state index is 13.0. The van der Waals surface area contributed by atoms with Gasteiger partial charge in [0, 0.05) is 18.7 Å². The first-order chi connectivity index (χ1) is 16.9. The lowest BCUT2D eigenvalue weighted by Crippen LogP contribution is -2.29. The molecule has 1 aromatic heterocycles. The largest absolute Gasteiger partial charge is 0.301 e. The molecule has 35 heavy (non-hydrogen) atoms. The summed E-state index contributed by atoms with van der Waals surface area (Å²) >= 11 is 9.41. The molecule has 0 aliphatic carbocycles. The third-order valence-electron chi connectivity index (χ3n) is 4.96. The monoisotopic (exact) mass is 544 g/mol. The zero-order valence-corrected chi connectivity index (χ0v) is 22.0. The number of rotatable bonds is 9. The minimum Gasteiger partial charge on any atom is -0.301 e. The Morgan fingerprint density at radius 3 is 2.66 bits per heavy atom. The van der Waals surface area contributed by atoms with E-state index in [4.69, 9.17) is 12.2 Å². The molecule has 1 aliphatic heterocycles. The number of anilines is 1. The lowest BCUT2D eigenvalue weighted by atomic mass is 10.1. The Balaban J connectivity index is 1.22. The van der Waals surface area contributed by atoms with E-state index in [0.29, 0.717) is 37.4 Å². The average Bonchev–Trinajstić information content (AvgIpc) is 3.39. The van der Waals surface area contributed by atoms with Gasteiger partial charge in [0.2, 0.25) is 11.0 Å². The van der Waals surface area contributed by atoms with E-state index in [-0.39, 0.29) is 24.1 Å². The molecule has 2 aromatic carbocycles. The van der Waals surface area contributed by atoms with Crippen molar-refractivity contribution in [1.82, 2.24) is 15.1 Å². The molecule has 11 heteroatoms. The van der Waals surface area contributed by atoms with E-state index in [9.17, 15) is 14.0 Å². The molecule has 2 heterocycles. The summed E-state index contributed by atoms with van der Waals surface area (Å²) in [5, 5.41) is 11.3. The molecule has 3 aromatic rings. The third-order valence-corrected chi connectivity index (χ3v) is 8.38. The SMILES string of the molecule is Cc1ccc(/C=C2\SC(=S)N(CCCC(=O)Nc3nnc(SCc4ccc(F)cc4)s3)C2=O)cc1. The molecule has 0 spiro atoms. The molecular formula is C24H21FN4O2S4. The van der Waals surface area contributed by atoms with Crippen molar-refractivity contribution in [3.8, 4) is 0 Å². The second kappa shape index (κ2) is 11.9. The van der Waals surface area contributed by atoms with Crippen LogP contribution in [-0.2, 0) is 15.3 Å². The highest BCUT2D eigenvalue weighted by molar-refractivity contribution is 8.26. The summed E-state index contributed by atoms with van der Waals surface area (Å²) in [5.41, 5.74) is 3.07. The molecule has 0 radical (unpaired) electrons. The van der Waals surface area contributed by atoms with E-state index in [0.717, 1.165) is 16.7 Å². The number of carbonyl (C=O) groups excluding carboxylic acids is 2. The standard InChI is InChI=1S/C24H21FN4O2S4/c1-15-4-6-16(7-5-15)13-19-21(31)29(24(32)34-19)12-2-3-20(30)26-22-27-28-23(35-22)33-14-17-8-10-18(25)11-9-17/h4-11,13H,2-3,12,14H2,1H3,(H,26,27,30)/b19-13-. The van der Waals surface area contributed by atoms with Gasteiger partial charge in [0.25, 0.3) is 5.91 Å². The maximum Gasteiger partial charge on any atom is 0.266 e. The second-order valence-electron chi connectivity index (χ2n) is 7.68. The number of nitrogens with zero attached hydrogens (tertiary/aromatic N) is 3. The Kier molecular flexibility index (Phi) is 8.66. The van der Waals surface area contributed by atoms with Gasteiger partial charge in [-0.1, -0.05) is 89.0 Å². The highest BCUT2D eigenvalue weighted by atomic mass is 32.2. The third kappa shape index (κ3) is 7.20. The first-order valence-electron chi connectivity index (χ1n) is 10.7. The molecule has 0 unspecified atom stereocenters. The molecule has 1 N–H and O–H groups in total. The fraction of sp³-hybridized carbons (Fsp3) is 0.208. The summed E-state index contributed by atoms with van der Waals surface area (Å²) in [5.74, 6) is 0.0311. The van der Waals surface area contributed by atoms with Gasteiger partial charge in [-0.15, -0.1) is 10.2 Å². The van der Waals surface area contributed by atoms with Crippen LogP contribution < -0.4 is 5.32 Å². The number of thiocarbonyl (C=S) groups is 1. The Hall–Kier alpha value is -2.60. The number of benzene rings is 2. The number of carbonyl (C=O) groups is 2. The Labute approximate surface area is 220 Å². The predicted molar refractivity (Wildman–Crippen MR) is 145 cm³/mol. The molecule has 4 rings (SSSR count). The van der Waals surface area contributed by atoms with Crippen LogP contribution in [0, 0.1) is 12.7 Å². The van der Waals surface area contributed by atoms with Crippen molar-refractivity contribution in [1.29, 1.82) is 0 Å². The number of aromatic nitrogens is 2.